The van der Waals surface area contributed by atoms with Crippen LogP contribution in [-0.4, -0.2) is 29.8 Å². The van der Waals surface area contributed by atoms with Crippen LogP contribution in [0.3, 0.4) is 0 Å². The molecule has 1 aliphatic heterocycles. The number of aryl methyl sites for hydroxylation is 2. The van der Waals surface area contributed by atoms with Crippen molar-refractivity contribution in [1.82, 2.24) is 5.32 Å². The van der Waals surface area contributed by atoms with Crippen LogP contribution < -0.4 is 16.0 Å². The molecule has 0 radical (unpaired) electrons. The van der Waals surface area contributed by atoms with Crippen molar-refractivity contribution in [2.45, 2.75) is 46.1 Å². The lowest BCUT2D eigenvalue weighted by Gasteiger charge is -2.31. The van der Waals surface area contributed by atoms with Crippen molar-refractivity contribution in [3.8, 4) is 0 Å². The molecule has 0 spiro atoms. The number of halogens is 1. The smallest absolute Gasteiger partial charge is 0.266 e. The van der Waals surface area contributed by atoms with E-state index in [1.165, 1.54) is 11.0 Å². The topological polar surface area (TPSA) is 92.5 Å². The summed E-state index contributed by atoms with van der Waals surface area (Å²) in [6, 6.07) is 10.3. The molecule has 0 saturated heterocycles. The average Bonchev–Trinajstić information content (AvgIpc) is 2.98. The fraction of sp³-hybridized carbons (Fsp3) is 0.348. The molecule has 7 heteroatoms. The number of anilines is 1. The van der Waals surface area contributed by atoms with E-state index >= 15 is 0 Å². The molecule has 0 unspecified atom stereocenters. The van der Waals surface area contributed by atoms with Gasteiger partial charge in [-0.2, -0.15) is 0 Å². The van der Waals surface area contributed by atoms with Crippen LogP contribution in [-0.2, 0) is 0 Å². The van der Waals surface area contributed by atoms with E-state index in [-0.39, 0.29) is 29.8 Å². The molecule has 1 heterocycles. The van der Waals surface area contributed by atoms with Crippen LogP contribution in [0.5, 0.6) is 0 Å². The van der Waals surface area contributed by atoms with E-state index in [4.69, 9.17) is 5.73 Å². The molecule has 3 N–H and O–H groups in total. The summed E-state index contributed by atoms with van der Waals surface area (Å²) in [5.41, 5.74) is 8.65. The SMILES string of the molecule is CCC(CC)(CN)NC(=O)c1ccc2c(c1)C(=O)N(c1cc(C)ccc1C)C2=O.Cl. The van der Waals surface area contributed by atoms with Crippen molar-refractivity contribution in [2.75, 3.05) is 11.4 Å². The first-order valence-electron chi connectivity index (χ1n) is 9.89. The van der Waals surface area contributed by atoms with Gasteiger partial charge >= 0.3 is 0 Å². The fourth-order valence-corrected chi connectivity index (χ4v) is 3.64. The predicted molar refractivity (Wildman–Crippen MR) is 121 cm³/mol. The molecule has 0 aromatic heterocycles. The van der Waals surface area contributed by atoms with Gasteiger partial charge in [0.05, 0.1) is 22.4 Å². The number of amides is 3. The van der Waals surface area contributed by atoms with Gasteiger partial charge in [-0.15, -0.1) is 12.4 Å². The van der Waals surface area contributed by atoms with E-state index in [0.717, 1.165) is 11.1 Å². The predicted octanol–water partition coefficient (Wildman–Crippen LogP) is 3.77. The van der Waals surface area contributed by atoms with E-state index in [1.54, 1.807) is 12.1 Å². The molecule has 30 heavy (non-hydrogen) atoms. The first-order chi connectivity index (χ1) is 13.8. The standard InChI is InChI=1S/C23H27N3O3.ClH/c1-5-23(6-2,13-24)25-20(27)16-9-10-17-18(12-16)22(29)26(21(17)28)19-11-14(3)7-8-15(19)4;/h7-12H,5-6,13,24H2,1-4H3,(H,25,27);1H. The Balaban J connectivity index is 0.00000320. The molecule has 0 atom stereocenters. The quantitative estimate of drug-likeness (QED) is 0.683. The van der Waals surface area contributed by atoms with Crippen molar-refractivity contribution in [3.05, 3.63) is 64.2 Å². The van der Waals surface area contributed by atoms with Crippen molar-refractivity contribution in [1.29, 1.82) is 0 Å². The Hall–Kier alpha value is -2.70. The third-order valence-corrected chi connectivity index (χ3v) is 5.88. The summed E-state index contributed by atoms with van der Waals surface area (Å²) in [7, 11) is 0. The van der Waals surface area contributed by atoms with Crippen LogP contribution in [0, 0.1) is 13.8 Å². The number of fused-ring (bicyclic) bond motifs is 1. The highest BCUT2D eigenvalue weighted by molar-refractivity contribution is 6.35. The van der Waals surface area contributed by atoms with Crippen LogP contribution in [0.15, 0.2) is 36.4 Å². The van der Waals surface area contributed by atoms with Crippen molar-refractivity contribution in [2.24, 2.45) is 5.73 Å². The largest absolute Gasteiger partial charge is 0.345 e. The molecule has 2 aromatic carbocycles. The molecule has 160 valence electrons. The van der Waals surface area contributed by atoms with Gasteiger partial charge in [0.1, 0.15) is 0 Å². The summed E-state index contributed by atoms with van der Waals surface area (Å²) < 4.78 is 0. The molecule has 0 saturated carbocycles. The van der Waals surface area contributed by atoms with Gasteiger partial charge in [0.2, 0.25) is 0 Å². The lowest BCUT2D eigenvalue weighted by atomic mass is 9.92. The Kier molecular flexibility index (Phi) is 7.06. The minimum atomic E-state index is -0.485. The summed E-state index contributed by atoms with van der Waals surface area (Å²) in [5, 5.41) is 3.00. The number of hydrogen-bond acceptors (Lipinski definition) is 4. The third-order valence-electron chi connectivity index (χ3n) is 5.88. The molecular weight excluding hydrogens is 402 g/mol. The Bertz CT molecular complexity index is 991. The van der Waals surface area contributed by atoms with Gasteiger partial charge in [0.15, 0.2) is 0 Å². The number of benzene rings is 2. The molecule has 3 amide bonds. The molecule has 0 aliphatic carbocycles. The van der Waals surface area contributed by atoms with E-state index in [2.05, 4.69) is 5.32 Å². The summed E-state index contributed by atoms with van der Waals surface area (Å²) in [4.78, 5) is 40.0. The van der Waals surface area contributed by atoms with E-state index < -0.39 is 11.4 Å². The lowest BCUT2D eigenvalue weighted by molar-refractivity contribution is 0.0892. The van der Waals surface area contributed by atoms with Crippen LogP contribution in [0.2, 0.25) is 0 Å². The number of carbonyl (C=O) groups excluding carboxylic acids is 3. The summed E-state index contributed by atoms with van der Waals surface area (Å²) in [6.07, 6.45) is 1.41. The van der Waals surface area contributed by atoms with Gasteiger partial charge in [-0.3, -0.25) is 14.4 Å². The van der Waals surface area contributed by atoms with Gasteiger partial charge in [-0.1, -0.05) is 26.0 Å². The van der Waals surface area contributed by atoms with Crippen molar-refractivity contribution >= 4 is 35.8 Å². The van der Waals surface area contributed by atoms with Gasteiger partial charge in [-0.25, -0.2) is 4.90 Å². The Morgan fingerprint density at radius 1 is 1.00 bits per heavy atom. The molecule has 0 fully saturated rings. The van der Waals surface area contributed by atoms with Crippen LogP contribution >= 0.6 is 12.4 Å². The Morgan fingerprint density at radius 3 is 2.23 bits per heavy atom. The van der Waals surface area contributed by atoms with Crippen molar-refractivity contribution in [3.63, 3.8) is 0 Å². The average molecular weight is 430 g/mol. The maximum Gasteiger partial charge on any atom is 0.266 e. The molecule has 2 aromatic rings. The molecule has 6 nitrogen and oxygen atoms in total. The fourth-order valence-electron chi connectivity index (χ4n) is 3.64. The Labute approximate surface area is 183 Å². The third kappa shape index (κ3) is 3.98. The summed E-state index contributed by atoms with van der Waals surface area (Å²) in [6.45, 7) is 8.05. The van der Waals surface area contributed by atoms with E-state index in [1.807, 2.05) is 45.9 Å². The zero-order valence-corrected chi connectivity index (χ0v) is 18.6. The highest BCUT2D eigenvalue weighted by Gasteiger charge is 2.38. The molecule has 3 rings (SSSR count). The van der Waals surface area contributed by atoms with Gasteiger partial charge in [0.25, 0.3) is 17.7 Å². The highest BCUT2D eigenvalue weighted by atomic mass is 35.5. The number of rotatable bonds is 6. The normalized spacial score (nSPS) is 13.2. The second-order valence-electron chi connectivity index (χ2n) is 7.64. The van der Waals surface area contributed by atoms with Crippen LogP contribution in [0.25, 0.3) is 0 Å². The summed E-state index contributed by atoms with van der Waals surface area (Å²) >= 11 is 0. The van der Waals surface area contributed by atoms with Gasteiger partial charge in [-0.05, 0) is 62.1 Å². The highest BCUT2D eigenvalue weighted by Crippen LogP contribution is 2.32. The maximum absolute atomic E-state index is 13.1. The minimum absolute atomic E-state index is 0. The lowest BCUT2D eigenvalue weighted by Crippen LogP contribution is -2.52. The molecule has 1 aliphatic rings. The number of imide groups is 1. The first kappa shape index (κ1) is 23.6. The van der Waals surface area contributed by atoms with Crippen LogP contribution in [0.4, 0.5) is 5.69 Å². The second-order valence-corrected chi connectivity index (χ2v) is 7.64. The number of hydrogen-bond donors (Lipinski definition) is 2. The van der Waals surface area contributed by atoms with Gasteiger partial charge < -0.3 is 11.1 Å². The minimum Gasteiger partial charge on any atom is -0.345 e. The number of nitrogens with two attached hydrogens (primary N) is 1. The first-order valence-corrected chi connectivity index (χ1v) is 9.89. The maximum atomic E-state index is 13.1. The monoisotopic (exact) mass is 429 g/mol. The Morgan fingerprint density at radius 2 is 1.63 bits per heavy atom. The summed E-state index contributed by atoms with van der Waals surface area (Å²) in [5.74, 6) is -1.08. The zero-order chi connectivity index (χ0) is 21.3. The van der Waals surface area contributed by atoms with E-state index in [9.17, 15) is 14.4 Å². The number of carbonyl (C=O) groups is 3. The zero-order valence-electron chi connectivity index (χ0n) is 17.7. The van der Waals surface area contributed by atoms with Crippen LogP contribution in [0.1, 0.15) is 68.9 Å². The number of nitrogens with zero attached hydrogens (tertiary/aromatic N) is 1. The number of nitrogens with one attached hydrogen (secondary N) is 1. The molecular formula is C23H28ClN3O3. The van der Waals surface area contributed by atoms with E-state index in [0.29, 0.717) is 36.2 Å². The van der Waals surface area contributed by atoms with Crippen molar-refractivity contribution < 1.29 is 14.4 Å². The second kappa shape index (κ2) is 8.98. The molecule has 0 bridgehead atoms. The van der Waals surface area contributed by atoms with Gasteiger partial charge in [0, 0.05) is 12.1 Å².